The van der Waals surface area contributed by atoms with Gasteiger partial charge in [-0.1, -0.05) is 29.8 Å². The maximum atomic E-state index is 11.8. The number of benzene rings is 1. The molecule has 0 bridgehead atoms. The van der Waals surface area contributed by atoms with Crippen molar-refractivity contribution in [3.63, 3.8) is 0 Å². The van der Waals surface area contributed by atoms with Crippen molar-refractivity contribution in [1.29, 1.82) is 0 Å². The van der Waals surface area contributed by atoms with Gasteiger partial charge in [-0.3, -0.25) is 0 Å². The average Bonchev–Trinajstić information content (AvgIpc) is 2.68. The number of piperazine rings is 1. The Hall–Kier alpha value is -2.90. The number of carbonyl (C=O) groups is 1. The predicted octanol–water partition coefficient (Wildman–Crippen LogP) is 2.07. The molecule has 1 N–H and O–H groups in total. The van der Waals surface area contributed by atoms with Crippen molar-refractivity contribution in [2.45, 2.75) is 20.4 Å². The van der Waals surface area contributed by atoms with Crippen molar-refractivity contribution in [2.24, 2.45) is 0 Å². The zero-order valence-corrected chi connectivity index (χ0v) is 15.2. The number of nitrogens with one attached hydrogen (secondary N) is 1. The molecule has 8 heteroatoms. The van der Waals surface area contributed by atoms with Crippen LogP contribution in [0.25, 0.3) is 0 Å². The third-order valence-corrected chi connectivity index (χ3v) is 4.25. The van der Waals surface area contributed by atoms with Crippen LogP contribution >= 0.6 is 0 Å². The van der Waals surface area contributed by atoms with Crippen molar-refractivity contribution in [2.75, 3.05) is 43.0 Å². The molecule has 1 saturated heterocycles. The molecule has 1 aromatic carbocycles. The summed E-state index contributed by atoms with van der Waals surface area (Å²) in [5, 5.41) is 11.3. The standard InChI is InChI=1S/C18H24N6O2/c1-3-26-18(25)24-10-8-23(9-11-24)16-13-20-22-17(21-16)19-12-15-6-4-14(2)5-7-15/h4-7,13H,3,8-12H2,1-2H3,(H,19,21,22). The monoisotopic (exact) mass is 356 g/mol. The Morgan fingerprint density at radius 3 is 2.62 bits per heavy atom. The molecule has 0 radical (unpaired) electrons. The highest BCUT2D eigenvalue weighted by Gasteiger charge is 2.23. The fourth-order valence-electron chi connectivity index (χ4n) is 2.74. The van der Waals surface area contributed by atoms with E-state index in [9.17, 15) is 4.79 Å². The van der Waals surface area contributed by atoms with E-state index in [1.165, 1.54) is 5.56 Å². The Kier molecular flexibility index (Phi) is 5.83. The molecule has 3 rings (SSSR count). The van der Waals surface area contributed by atoms with Gasteiger partial charge in [-0.15, -0.1) is 5.10 Å². The molecule has 0 saturated carbocycles. The Balaban J connectivity index is 1.56. The van der Waals surface area contributed by atoms with Crippen molar-refractivity contribution in [3.8, 4) is 0 Å². The number of hydrogen-bond donors (Lipinski definition) is 1. The maximum Gasteiger partial charge on any atom is 0.409 e. The van der Waals surface area contributed by atoms with E-state index >= 15 is 0 Å². The van der Waals surface area contributed by atoms with Crippen LogP contribution in [0.5, 0.6) is 0 Å². The molecular weight excluding hydrogens is 332 g/mol. The lowest BCUT2D eigenvalue weighted by molar-refractivity contribution is 0.105. The van der Waals surface area contributed by atoms with Gasteiger partial charge in [0.1, 0.15) is 0 Å². The SMILES string of the molecule is CCOC(=O)N1CCN(c2cnnc(NCc3ccc(C)cc3)n2)CC1. The van der Waals surface area contributed by atoms with E-state index < -0.39 is 0 Å². The minimum atomic E-state index is -0.256. The van der Waals surface area contributed by atoms with E-state index in [0.29, 0.717) is 45.3 Å². The van der Waals surface area contributed by atoms with E-state index in [1.54, 1.807) is 11.1 Å². The van der Waals surface area contributed by atoms with Crippen LogP contribution in [-0.4, -0.2) is 59.0 Å². The van der Waals surface area contributed by atoms with E-state index in [-0.39, 0.29) is 6.09 Å². The van der Waals surface area contributed by atoms with Crippen LogP contribution in [0.2, 0.25) is 0 Å². The number of hydrogen-bond acceptors (Lipinski definition) is 7. The fraction of sp³-hybridized carbons (Fsp3) is 0.444. The quantitative estimate of drug-likeness (QED) is 0.878. The molecular formula is C18H24N6O2. The molecule has 2 aromatic rings. The lowest BCUT2D eigenvalue weighted by atomic mass is 10.1. The normalized spacial score (nSPS) is 14.2. The van der Waals surface area contributed by atoms with Gasteiger partial charge in [0.2, 0.25) is 5.95 Å². The summed E-state index contributed by atoms with van der Waals surface area (Å²) in [6.07, 6.45) is 1.39. The fourth-order valence-corrected chi connectivity index (χ4v) is 2.74. The van der Waals surface area contributed by atoms with Gasteiger partial charge in [0.25, 0.3) is 0 Å². The molecule has 26 heavy (non-hydrogen) atoms. The number of aryl methyl sites for hydroxylation is 1. The van der Waals surface area contributed by atoms with Gasteiger partial charge < -0.3 is 19.9 Å². The van der Waals surface area contributed by atoms with E-state index in [4.69, 9.17) is 4.74 Å². The van der Waals surface area contributed by atoms with E-state index in [0.717, 1.165) is 11.4 Å². The third kappa shape index (κ3) is 4.59. The summed E-state index contributed by atoms with van der Waals surface area (Å²) in [5.74, 6) is 1.26. The Bertz CT molecular complexity index is 729. The highest BCUT2D eigenvalue weighted by molar-refractivity contribution is 5.68. The summed E-state index contributed by atoms with van der Waals surface area (Å²) in [4.78, 5) is 20.1. The molecule has 0 unspecified atom stereocenters. The van der Waals surface area contributed by atoms with Gasteiger partial charge >= 0.3 is 6.09 Å². The van der Waals surface area contributed by atoms with Crippen LogP contribution in [0.1, 0.15) is 18.1 Å². The molecule has 0 aliphatic carbocycles. The summed E-state index contributed by atoms with van der Waals surface area (Å²) in [6.45, 7) is 7.50. The van der Waals surface area contributed by atoms with Crippen LogP contribution < -0.4 is 10.2 Å². The number of ether oxygens (including phenoxy) is 1. The Labute approximate surface area is 153 Å². The molecule has 138 valence electrons. The van der Waals surface area contributed by atoms with Crippen molar-refractivity contribution in [1.82, 2.24) is 20.1 Å². The van der Waals surface area contributed by atoms with Crippen LogP contribution in [-0.2, 0) is 11.3 Å². The van der Waals surface area contributed by atoms with Gasteiger partial charge in [0, 0.05) is 32.7 Å². The van der Waals surface area contributed by atoms with Crippen LogP contribution in [0.4, 0.5) is 16.6 Å². The number of aromatic nitrogens is 3. The van der Waals surface area contributed by atoms with Gasteiger partial charge in [-0.2, -0.15) is 10.1 Å². The van der Waals surface area contributed by atoms with Crippen LogP contribution in [0.3, 0.4) is 0 Å². The molecule has 1 fully saturated rings. The number of anilines is 2. The first-order valence-electron chi connectivity index (χ1n) is 8.81. The minimum Gasteiger partial charge on any atom is -0.450 e. The van der Waals surface area contributed by atoms with Gasteiger partial charge in [-0.25, -0.2) is 4.79 Å². The molecule has 8 nitrogen and oxygen atoms in total. The van der Waals surface area contributed by atoms with Gasteiger partial charge in [0.05, 0.1) is 12.8 Å². The number of carbonyl (C=O) groups excluding carboxylic acids is 1. The summed E-state index contributed by atoms with van der Waals surface area (Å²) in [5.41, 5.74) is 2.39. The first-order valence-corrected chi connectivity index (χ1v) is 8.81. The second kappa shape index (κ2) is 8.46. The largest absolute Gasteiger partial charge is 0.450 e. The first kappa shape index (κ1) is 17.9. The second-order valence-corrected chi connectivity index (χ2v) is 6.15. The summed E-state index contributed by atoms with van der Waals surface area (Å²) >= 11 is 0. The maximum absolute atomic E-state index is 11.8. The van der Waals surface area contributed by atoms with Crippen LogP contribution in [0, 0.1) is 6.92 Å². The third-order valence-electron chi connectivity index (χ3n) is 4.25. The zero-order chi connectivity index (χ0) is 18.4. The summed E-state index contributed by atoms with van der Waals surface area (Å²) in [7, 11) is 0. The number of rotatable bonds is 5. The van der Waals surface area contributed by atoms with E-state index in [2.05, 4.69) is 56.6 Å². The molecule has 2 heterocycles. The lowest BCUT2D eigenvalue weighted by Gasteiger charge is -2.34. The molecule has 0 atom stereocenters. The van der Waals surface area contributed by atoms with E-state index in [1.807, 2.05) is 6.92 Å². The summed E-state index contributed by atoms with van der Waals surface area (Å²) in [6, 6.07) is 8.31. The molecule has 1 aromatic heterocycles. The minimum absolute atomic E-state index is 0.256. The highest BCUT2D eigenvalue weighted by Crippen LogP contribution is 2.14. The Morgan fingerprint density at radius 2 is 1.92 bits per heavy atom. The van der Waals surface area contributed by atoms with Gasteiger partial charge in [0.15, 0.2) is 5.82 Å². The molecule has 1 aliphatic heterocycles. The van der Waals surface area contributed by atoms with Crippen LogP contribution in [0.15, 0.2) is 30.5 Å². The first-order chi connectivity index (χ1) is 12.7. The lowest BCUT2D eigenvalue weighted by Crippen LogP contribution is -2.49. The number of nitrogens with zero attached hydrogens (tertiary/aromatic N) is 5. The smallest absolute Gasteiger partial charge is 0.409 e. The number of amides is 1. The molecule has 1 aliphatic rings. The highest BCUT2D eigenvalue weighted by atomic mass is 16.6. The zero-order valence-electron chi connectivity index (χ0n) is 15.2. The Morgan fingerprint density at radius 1 is 1.19 bits per heavy atom. The molecule has 1 amide bonds. The van der Waals surface area contributed by atoms with Crippen molar-refractivity contribution in [3.05, 3.63) is 41.6 Å². The van der Waals surface area contributed by atoms with Crippen molar-refractivity contribution >= 4 is 17.9 Å². The average molecular weight is 356 g/mol. The second-order valence-electron chi connectivity index (χ2n) is 6.15. The predicted molar refractivity (Wildman–Crippen MR) is 99.1 cm³/mol. The summed E-state index contributed by atoms with van der Waals surface area (Å²) < 4.78 is 5.04. The van der Waals surface area contributed by atoms with Gasteiger partial charge in [-0.05, 0) is 19.4 Å². The topological polar surface area (TPSA) is 83.5 Å². The molecule has 0 spiro atoms. The van der Waals surface area contributed by atoms with Crippen molar-refractivity contribution < 1.29 is 9.53 Å².